The summed E-state index contributed by atoms with van der Waals surface area (Å²) in [7, 11) is 0. The van der Waals surface area contributed by atoms with Crippen molar-refractivity contribution in [3.63, 3.8) is 0 Å². The van der Waals surface area contributed by atoms with Gasteiger partial charge in [-0.2, -0.15) is 0 Å². The molecule has 1 heterocycles. The molecule has 1 aromatic rings. The molecule has 1 aliphatic rings. The van der Waals surface area contributed by atoms with Gasteiger partial charge in [0.1, 0.15) is 0 Å². The molecule has 102 valence electrons. The van der Waals surface area contributed by atoms with Gasteiger partial charge >= 0.3 is 0 Å². The fourth-order valence-corrected chi connectivity index (χ4v) is 2.59. The third-order valence-electron chi connectivity index (χ3n) is 3.64. The Kier molecular flexibility index (Phi) is 6.44. The van der Waals surface area contributed by atoms with E-state index in [-0.39, 0.29) is 18.4 Å². The number of aliphatic hydroxyl groups excluding tert-OH is 1. The summed E-state index contributed by atoms with van der Waals surface area (Å²) in [5, 5.41) is 11.1. The predicted octanol–water partition coefficient (Wildman–Crippen LogP) is 3.67. The average Bonchev–Trinajstić information content (AvgIpc) is 2.39. The normalized spacial score (nSPS) is 19.9. The molecule has 2 unspecified atom stereocenters. The van der Waals surface area contributed by atoms with Gasteiger partial charge in [-0.05, 0) is 50.6 Å². The highest BCUT2D eigenvalue weighted by Crippen LogP contribution is 2.24. The average molecular weight is 290 g/mol. The molecule has 0 radical (unpaired) electrons. The van der Waals surface area contributed by atoms with Crippen LogP contribution in [0.3, 0.4) is 0 Å². The van der Waals surface area contributed by atoms with Gasteiger partial charge in [0, 0.05) is 11.1 Å². The lowest BCUT2D eigenvalue weighted by Gasteiger charge is -2.35. The Labute approximate surface area is 120 Å². The molecule has 1 N–H and O–H groups in total. The van der Waals surface area contributed by atoms with E-state index in [0.29, 0.717) is 5.02 Å². The largest absolute Gasteiger partial charge is 0.387 e. The molecular formula is C14H21Cl2NO. The summed E-state index contributed by atoms with van der Waals surface area (Å²) in [6.07, 6.45) is 3.39. The Balaban J connectivity index is 0.00000162. The van der Waals surface area contributed by atoms with Crippen LogP contribution in [0.1, 0.15) is 37.9 Å². The molecule has 1 fully saturated rings. The van der Waals surface area contributed by atoms with Crippen molar-refractivity contribution in [3.05, 3.63) is 34.9 Å². The summed E-state index contributed by atoms with van der Waals surface area (Å²) in [6, 6.07) is 7.67. The predicted molar refractivity (Wildman–Crippen MR) is 78.5 cm³/mol. The second kappa shape index (κ2) is 7.34. The topological polar surface area (TPSA) is 23.5 Å². The van der Waals surface area contributed by atoms with Crippen LogP contribution in [0.2, 0.25) is 5.02 Å². The summed E-state index contributed by atoms with van der Waals surface area (Å²) < 4.78 is 0. The van der Waals surface area contributed by atoms with Gasteiger partial charge in [-0.3, -0.25) is 4.90 Å². The summed E-state index contributed by atoms with van der Waals surface area (Å²) in [4.78, 5) is 2.38. The van der Waals surface area contributed by atoms with E-state index in [2.05, 4.69) is 11.8 Å². The van der Waals surface area contributed by atoms with Gasteiger partial charge < -0.3 is 5.11 Å². The second-order valence-electron chi connectivity index (χ2n) is 4.83. The summed E-state index contributed by atoms with van der Waals surface area (Å²) in [5.74, 6) is 0. The highest BCUT2D eigenvalue weighted by Gasteiger charge is 2.24. The van der Waals surface area contributed by atoms with Crippen LogP contribution in [0.5, 0.6) is 0 Å². The Morgan fingerprint density at radius 1 is 1.11 bits per heavy atom. The molecule has 0 bridgehead atoms. The lowest BCUT2D eigenvalue weighted by atomic mass is 10.00. The maximum absolute atomic E-state index is 10.3. The van der Waals surface area contributed by atoms with Crippen LogP contribution >= 0.6 is 24.0 Å². The van der Waals surface area contributed by atoms with Crippen molar-refractivity contribution < 1.29 is 5.11 Å². The van der Waals surface area contributed by atoms with Crippen molar-refractivity contribution in [3.8, 4) is 0 Å². The van der Waals surface area contributed by atoms with Gasteiger partial charge in [-0.25, -0.2) is 0 Å². The standard InChI is InChI=1S/C14H20ClNO.ClH/c1-11(16-9-3-2-4-10-16)14(17)12-5-7-13(15)8-6-12;/h5-8,11,14,17H,2-4,9-10H2,1H3;1H. The number of hydrogen-bond donors (Lipinski definition) is 1. The molecule has 2 rings (SSSR count). The van der Waals surface area contributed by atoms with Crippen molar-refractivity contribution in [2.24, 2.45) is 0 Å². The SMILES string of the molecule is CC(C(O)c1ccc(Cl)cc1)N1CCCCC1.Cl. The van der Waals surface area contributed by atoms with Gasteiger partial charge in [-0.1, -0.05) is 30.2 Å². The van der Waals surface area contributed by atoms with Crippen molar-refractivity contribution in [2.45, 2.75) is 38.3 Å². The number of nitrogens with zero attached hydrogens (tertiary/aromatic N) is 1. The zero-order chi connectivity index (χ0) is 12.3. The van der Waals surface area contributed by atoms with Crippen LogP contribution in [0.25, 0.3) is 0 Å². The molecule has 0 aromatic heterocycles. The lowest BCUT2D eigenvalue weighted by molar-refractivity contribution is 0.0471. The van der Waals surface area contributed by atoms with Crippen LogP contribution in [0.4, 0.5) is 0 Å². The summed E-state index contributed by atoms with van der Waals surface area (Å²) in [5.41, 5.74) is 0.951. The molecule has 0 spiro atoms. The number of benzene rings is 1. The highest BCUT2D eigenvalue weighted by atomic mass is 35.5. The molecule has 2 nitrogen and oxygen atoms in total. The zero-order valence-corrected chi connectivity index (χ0v) is 12.3. The number of aliphatic hydroxyl groups is 1. The highest BCUT2D eigenvalue weighted by molar-refractivity contribution is 6.30. The minimum Gasteiger partial charge on any atom is -0.387 e. The van der Waals surface area contributed by atoms with Gasteiger partial charge in [0.15, 0.2) is 0 Å². The van der Waals surface area contributed by atoms with E-state index in [1.165, 1.54) is 19.3 Å². The minimum absolute atomic E-state index is 0. The molecular weight excluding hydrogens is 269 g/mol. The van der Waals surface area contributed by atoms with E-state index in [1.54, 1.807) is 0 Å². The van der Waals surface area contributed by atoms with E-state index < -0.39 is 6.10 Å². The summed E-state index contributed by atoms with van der Waals surface area (Å²) in [6.45, 7) is 4.31. The Morgan fingerprint density at radius 2 is 1.67 bits per heavy atom. The minimum atomic E-state index is -0.426. The number of halogens is 2. The number of hydrogen-bond acceptors (Lipinski definition) is 2. The Hall–Kier alpha value is -0.280. The maximum Gasteiger partial charge on any atom is 0.0942 e. The third-order valence-corrected chi connectivity index (χ3v) is 3.89. The van der Waals surface area contributed by atoms with Gasteiger partial charge in [0.2, 0.25) is 0 Å². The second-order valence-corrected chi connectivity index (χ2v) is 5.27. The molecule has 1 aliphatic heterocycles. The molecule has 1 saturated heterocycles. The number of piperidine rings is 1. The first-order valence-corrected chi connectivity index (χ1v) is 6.74. The third kappa shape index (κ3) is 3.86. The van der Waals surface area contributed by atoms with Crippen molar-refractivity contribution in [2.75, 3.05) is 13.1 Å². The first-order valence-electron chi connectivity index (χ1n) is 6.36. The number of rotatable bonds is 3. The van der Waals surface area contributed by atoms with E-state index in [1.807, 2.05) is 24.3 Å². The van der Waals surface area contributed by atoms with E-state index in [0.717, 1.165) is 18.7 Å². The summed E-state index contributed by atoms with van der Waals surface area (Å²) >= 11 is 5.85. The zero-order valence-electron chi connectivity index (χ0n) is 10.7. The van der Waals surface area contributed by atoms with E-state index >= 15 is 0 Å². The number of likely N-dealkylation sites (tertiary alicyclic amines) is 1. The fourth-order valence-electron chi connectivity index (χ4n) is 2.46. The Bertz CT molecular complexity index is 349. The quantitative estimate of drug-likeness (QED) is 0.918. The molecule has 4 heteroatoms. The van der Waals surface area contributed by atoms with E-state index in [9.17, 15) is 5.11 Å². The van der Waals surface area contributed by atoms with Crippen LogP contribution in [-0.2, 0) is 0 Å². The monoisotopic (exact) mass is 289 g/mol. The van der Waals surface area contributed by atoms with Crippen molar-refractivity contribution in [1.82, 2.24) is 4.90 Å². The first-order chi connectivity index (χ1) is 8.18. The Morgan fingerprint density at radius 3 is 2.22 bits per heavy atom. The molecule has 1 aromatic carbocycles. The van der Waals surface area contributed by atoms with Crippen molar-refractivity contribution in [1.29, 1.82) is 0 Å². The van der Waals surface area contributed by atoms with Crippen LogP contribution < -0.4 is 0 Å². The first kappa shape index (κ1) is 15.8. The molecule has 0 amide bonds. The fraction of sp³-hybridized carbons (Fsp3) is 0.571. The van der Waals surface area contributed by atoms with Crippen LogP contribution in [0.15, 0.2) is 24.3 Å². The lowest BCUT2D eigenvalue weighted by Crippen LogP contribution is -2.40. The molecule has 18 heavy (non-hydrogen) atoms. The van der Waals surface area contributed by atoms with Crippen molar-refractivity contribution >= 4 is 24.0 Å². The molecule has 0 aliphatic carbocycles. The van der Waals surface area contributed by atoms with Gasteiger partial charge in [-0.15, -0.1) is 12.4 Å². The maximum atomic E-state index is 10.3. The van der Waals surface area contributed by atoms with Gasteiger partial charge in [0.05, 0.1) is 6.10 Å². The van der Waals surface area contributed by atoms with Gasteiger partial charge in [0.25, 0.3) is 0 Å². The van der Waals surface area contributed by atoms with Crippen LogP contribution in [-0.4, -0.2) is 29.1 Å². The smallest absolute Gasteiger partial charge is 0.0942 e. The van der Waals surface area contributed by atoms with E-state index in [4.69, 9.17) is 11.6 Å². The molecule has 0 saturated carbocycles. The molecule has 2 atom stereocenters. The van der Waals surface area contributed by atoms with Crippen LogP contribution in [0, 0.1) is 0 Å².